The number of unbranched alkanes of at least 4 members (excludes halogenated alkanes) is 1. The highest BCUT2D eigenvalue weighted by Gasteiger charge is 2.06. The number of hydrogen-bond acceptors (Lipinski definition) is 2. The van der Waals surface area contributed by atoms with Crippen LogP contribution in [0.1, 0.15) is 39.5 Å². The first-order valence-electron chi connectivity index (χ1n) is 6.58. The van der Waals surface area contributed by atoms with Crippen molar-refractivity contribution in [2.45, 2.75) is 45.6 Å². The molecule has 0 aliphatic carbocycles. The van der Waals surface area contributed by atoms with Gasteiger partial charge in [-0.2, -0.15) is 0 Å². The predicted molar refractivity (Wildman–Crippen MR) is 76.9 cm³/mol. The lowest BCUT2D eigenvalue weighted by Gasteiger charge is -2.18. The van der Waals surface area contributed by atoms with E-state index in [0.29, 0.717) is 6.04 Å². The molecule has 1 aromatic rings. The fourth-order valence-corrected chi connectivity index (χ4v) is 1.89. The third-order valence-corrected chi connectivity index (χ3v) is 2.90. The van der Waals surface area contributed by atoms with Gasteiger partial charge in [0.25, 0.3) is 0 Å². The van der Waals surface area contributed by atoms with Gasteiger partial charge in [0.15, 0.2) is 0 Å². The molecule has 0 saturated heterocycles. The number of primary amides is 1. The molecule has 1 atom stereocenters. The van der Waals surface area contributed by atoms with Gasteiger partial charge in [-0.1, -0.05) is 32.8 Å². The first-order valence-corrected chi connectivity index (χ1v) is 6.58. The molecule has 0 saturated carbocycles. The first-order chi connectivity index (χ1) is 8.65. The van der Waals surface area contributed by atoms with Crippen LogP contribution in [0.3, 0.4) is 0 Å². The van der Waals surface area contributed by atoms with E-state index in [-0.39, 0.29) is 0 Å². The molecule has 0 bridgehead atoms. The monoisotopic (exact) mass is 249 g/mol. The van der Waals surface area contributed by atoms with Gasteiger partial charge in [-0.3, -0.25) is 0 Å². The van der Waals surface area contributed by atoms with Crippen molar-refractivity contribution >= 4 is 17.4 Å². The van der Waals surface area contributed by atoms with Crippen molar-refractivity contribution in [3.05, 3.63) is 24.3 Å². The van der Waals surface area contributed by atoms with Crippen molar-refractivity contribution in [3.8, 4) is 0 Å². The van der Waals surface area contributed by atoms with Gasteiger partial charge in [0.05, 0.1) is 0 Å². The number of benzene rings is 1. The molecule has 0 aliphatic rings. The number of nitrogens with one attached hydrogen (secondary N) is 2. The Bertz CT molecular complexity index is 379. The van der Waals surface area contributed by atoms with Gasteiger partial charge >= 0.3 is 6.03 Å². The van der Waals surface area contributed by atoms with Crippen molar-refractivity contribution < 1.29 is 4.79 Å². The normalized spacial score (nSPS) is 11.9. The van der Waals surface area contributed by atoms with E-state index in [0.717, 1.165) is 17.8 Å². The second-order valence-electron chi connectivity index (χ2n) is 4.46. The van der Waals surface area contributed by atoms with Crippen LogP contribution >= 0.6 is 0 Å². The highest BCUT2D eigenvalue weighted by molar-refractivity contribution is 5.88. The number of hydrogen-bond donors (Lipinski definition) is 3. The fourth-order valence-electron chi connectivity index (χ4n) is 1.89. The zero-order valence-corrected chi connectivity index (χ0v) is 11.2. The van der Waals surface area contributed by atoms with E-state index in [1.54, 1.807) is 0 Å². The molecule has 100 valence electrons. The maximum absolute atomic E-state index is 10.8. The van der Waals surface area contributed by atoms with E-state index in [1.165, 1.54) is 19.3 Å². The van der Waals surface area contributed by atoms with Crippen molar-refractivity contribution in [2.75, 3.05) is 10.6 Å². The summed E-state index contributed by atoms with van der Waals surface area (Å²) in [6.45, 7) is 4.38. The molecule has 4 heteroatoms. The van der Waals surface area contributed by atoms with Crippen molar-refractivity contribution in [2.24, 2.45) is 5.73 Å². The van der Waals surface area contributed by atoms with Crippen LogP contribution in [0.15, 0.2) is 24.3 Å². The lowest BCUT2D eigenvalue weighted by Crippen LogP contribution is -2.20. The Labute approximate surface area is 109 Å². The number of nitrogens with two attached hydrogens (primary N) is 1. The molecular weight excluding hydrogens is 226 g/mol. The van der Waals surface area contributed by atoms with E-state index < -0.39 is 6.03 Å². The van der Waals surface area contributed by atoms with Crippen LogP contribution in [-0.4, -0.2) is 12.1 Å². The van der Waals surface area contributed by atoms with E-state index >= 15 is 0 Å². The number of anilines is 2. The number of amides is 2. The van der Waals surface area contributed by atoms with Crippen molar-refractivity contribution in [3.63, 3.8) is 0 Å². The van der Waals surface area contributed by atoms with Crippen LogP contribution in [0.4, 0.5) is 16.2 Å². The van der Waals surface area contributed by atoms with E-state index in [1.807, 2.05) is 24.3 Å². The largest absolute Gasteiger partial charge is 0.382 e. The SMILES string of the molecule is CCCCC(CC)Nc1cccc(NC(N)=O)c1. The second kappa shape index (κ2) is 7.58. The molecule has 4 N–H and O–H groups in total. The summed E-state index contributed by atoms with van der Waals surface area (Å²) in [5, 5.41) is 6.06. The fraction of sp³-hybridized carbons (Fsp3) is 0.500. The molecule has 0 aromatic heterocycles. The second-order valence-corrected chi connectivity index (χ2v) is 4.46. The minimum Gasteiger partial charge on any atom is -0.382 e. The Balaban J connectivity index is 2.62. The highest BCUT2D eigenvalue weighted by atomic mass is 16.2. The Hall–Kier alpha value is -1.71. The van der Waals surface area contributed by atoms with Gasteiger partial charge in [-0.25, -0.2) is 4.79 Å². The van der Waals surface area contributed by atoms with Gasteiger partial charge in [0.1, 0.15) is 0 Å². The van der Waals surface area contributed by atoms with Crippen LogP contribution in [0.2, 0.25) is 0 Å². The van der Waals surface area contributed by atoms with Gasteiger partial charge in [0, 0.05) is 17.4 Å². The smallest absolute Gasteiger partial charge is 0.316 e. The molecule has 0 spiro atoms. The lowest BCUT2D eigenvalue weighted by molar-refractivity contribution is 0.259. The molecular formula is C14H23N3O. The van der Waals surface area contributed by atoms with Crippen LogP contribution in [0, 0.1) is 0 Å². The summed E-state index contributed by atoms with van der Waals surface area (Å²) in [5.41, 5.74) is 6.84. The Morgan fingerprint density at radius 3 is 2.67 bits per heavy atom. The van der Waals surface area contributed by atoms with E-state index in [2.05, 4.69) is 24.5 Å². The number of urea groups is 1. The standard InChI is InChI=1S/C14H23N3O/c1-3-5-7-11(4-2)16-12-8-6-9-13(10-12)17-14(15)18/h6,8-11,16H,3-5,7H2,1-2H3,(H3,15,17,18). The Morgan fingerprint density at radius 2 is 2.06 bits per heavy atom. The maximum Gasteiger partial charge on any atom is 0.316 e. The zero-order chi connectivity index (χ0) is 13.4. The lowest BCUT2D eigenvalue weighted by atomic mass is 10.1. The highest BCUT2D eigenvalue weighted by Crippen LogP contribution is 2.18. The Morgan fingerprint density at radius 1 is 1.33 bits per heavy atom. The molecule has 18 heavy (non-hydrogen) atoms. The minimum absolute atomic E-state index is 0.480. The summed E-state index contributed by atoms with van der Waals surface area (Å²) in [5.74, 6) is 0. The molecule has 0 fully saturated rings. The number of carbonyl (C=O) groups is 1. The summed E-state index contributed by atoms with van der Waals surface area (Å²) in [6, 6.07) is 7.57. The quantitative estimate of drug-likeness (QED) is 0.691. The van der Waals surface area contributed by atoms with Crippen LogP contribution < -0.4 is 16.4 Å². The Kier molecular flexibility index (Phi) is 6.05. The number of rotatable bonds is 7. The minimum atomic E-state index is -0.537. The van der Waals surface area contributed by atoms with Crippen LogP contribution in [0.5, 0.6) is 0 Å². The summed E-state index contributed by atoms with van der Waals surface area (Å²) in [7, 11) is 0. The zero-order valence-electron chi connectivity index (χ0n) is 11.2. The summed E-state index contributed by atoms with van der Waals surface area (Å²) in [6.07, 6.45) is 4.69. The van der Waals surface area contributed by atoms with Gasteiger partial charge < -0.3 is 16.4 Å². The maximum atomic E-state index is 10.8. The molecule has 0 heterocycles. The van der Waals surface area contributed by atoms with Crippen LogP contribution in [-0.2, 0) is 0 Å². The molecule has 4 nitrogen and oxygen atoms in total. The molecule has 0 radical (unpaired) electrons. The van der Waals surface area contributed by atoms with E-state index in [4.69, 9.17) is 5.73 Å². The molecule has 2 amide bonds. The van der Waals surface area contributed by atoms with Crippen LogP contribution in [0.25, 0.3) is 0 Å². The van der Waals surface area contributed by atoms with E-state index in [9.17, 15) is 4.79 Å². The third kappa shape index (κ3) is 5.08. The third-order valence-electron chi connectivity index (χ3n) is 2.90. The first kappa shape index (κ1) is 14.4. The summed E-state index contributed by atoms with van der Waals surface area (Å²) >= 11 is 0. The predicted octanol–water partition coefficient (Wildman–Crippen LogP) is 3.56. The topological polar surface area (TPSA) is 67.2 Å². The number of carbonyl (C=O) groups excluding carboxylic acids is 1. The van der Waals surface area contributed by atoms with Crippen molar-refractivity contribution in [1.29, 1.82) is 0 Å². The molecule has 0 aliphatic heterocycles. The van der Waals surface area contributed by atoms with Gasteiger partial charge in [-0.15, -0.1) is 0 Å². The molecule has 1 unspecified atom stereocenters. The average Bonchev–Trinajstić information content (AvgIpc) is 2.34. The van der Waals surface area contributed by atoms with Crippen molar-refractivity contribution in [1.82, 2.24) is 0 Å². The average molecular weight is 249 g/mol. The van der Waals surface area contributed by atoms with Gasteiger partial charge in [0.2, 0.25) is 0 Å². The molecule has 1 rings (SSSR count). The molecule has 1 aromatic carbocycles. The summed E-state index contributed by atoms with van der Waals surface area (Å²) < 4.78 is 0. The summed E-state index contributed by atoms with van der Waals surface area (Å²) in [4.78, 5) is 10.8. The van der Waals surface area contributed by atoms with Gasteiger partial charge in [-0.05, 0) is 31.0 Å².